The molecule has 0 amide bonds. The highest BCUT2D eigenvalue weighted by atomic mass is 19.2. The summed E-state index contributed by atoms with van der Waals surface area (Å²) in [6.07, 6.45) is -3.02. The summed E-state index contributed by atoms with van der Waals surface area (Å²) >= 11 is 0. The zero-order valence-corrected chi connectivity index (χ0v) is 3.87. The van der Waals surface area contributed by atoms with Crippen LogP contribution in [0.1, 0.15) is 0 Å². The van der Waals surface area contributed by atoms with E-state index in [0.717, 1.165) is 0 Å². The van der Waals surface area contributed by atoms with Crippen LogP contribution in [0, 0.1) is 0 Å². The van der Waals surface area contributed by atoms with Crippen LogP contribution in [-0.4, -0.2) is 12.8 Å². The van der Waals surface area contributed by atoms with E-state index in [4.69, 9.17) is 0 Å². The van der Waals surface area contributed by atoms with E-state index in [-0.39, 0.29) is 0 Å². The van der Waals surface area contributed by atoms with Gasteiger partial charge in [0.1, 0.15) is 13.0 Å². The lowest BCUT2D eigenvalue weighted by atomic mass is 10.4. The number of hydrogen-bond donors (Lipinski definition) is 0. The minimum absolute atomic E-state index is 0.593. The first-order valence-electron chi connectivity index (χ1n) is 1.88. The quantitative estimate of drug-likeness (QED) is 0.499. The highest BCUT2D eigenvalue weighted by molar-refractivity contribution is 4.92. The summed E-state index contributed by atoms with van der Waals surface area (Å²) in [5, 5.41) is 0. The summed E-state index contributed by atoms with van der Waals surface area (Å²) in [6, 6.07) is 0. The fourth-order valence-electron chi connectivity index (χ4n) is 0.142. The number of hydrogen-bond acceptors (Lipinski definition) is 0. The molecule has 0 spiro atoms. The zero-order chi connectivity index (χ0) is 6.57. The molecule has 1 unspecified atom stereocenters. The summed E-state index contributed by atoms with van der Waals surface area (Å²) in [7, 11) is 0. The summed E-state index contributed by atoms with van der Waals surface area (Å²) in [4.78, 5) is 0. The normalized spacial score (nSPS) is 16.2. The first kappa shape index (κ1) is 7.46. The minimum Gasteiger partial charge on any atom is -0.247 e. The molecular formula is C4H4F4. The van der Waals surface area contributed by atoms with Crippen LogP contribution in [0.5, 0.6) is 0 Å². The molecule has 8 heavy (non-hydrogen) atoms. The molecule has 0 aliphatic rings. The Balaban J connectivity index is 3.63. The van der Waals surface area contributed by atoms with Crippen LogP contribution in [0.4, 0.5) is 17.6 Å². The van der Waals surface area contributed by atoms with Crippen LogP contribution in [-0.2, 0) is 0 Å². The van der Waals surface area contributed by atoms with Gasteiger partial charge in [-0.25, -0.2) is 17.6 Å². The highest BCUT2D eigenvalue weighted by Gasteiger charge is 2.11. The Morgan fingerprint density at radius 3 is 2.25 bits per heavy atom. The van der Waals surface area contributed by atoms with Gasteiger partial charge in [-0.15, -0.1) is 0 Å². The second kappa shape index (κ2) is 3.46. The third-order valence-corrected chi connectivity index (χ3v) is 0.539. The molecule has 1 atom stereocenters. The topological polar surface area (TPSA) is 0 Å². The van der Waals surface area contributed by atoms with E-state index in [2.05, 4.69) is 0 Å². The van der Waals surface area contributed by atoms with Gasteiger partial charge in [-0.05, 0) is 0 Å². The van der Waals surface area contributed by atoms with Gasteiger partial charge in [-0.1, -0.05) is 0 Å². The van der Waals surface area contributed by atoms with Crippen molar-refractivity contribution < 1.29 is 17.6 Å². The lowest BCUT2D eigenvalue weighted by Gasteiger charge is -1.93. The van der Waals surface area contributed by atoms with Crippen molar-refractivity contribution in [1.82, 2.24) is 0 Å². The van der Waals surface area contributed by atoms with E-state index in [1.807, 2.05) is 0 Å². The monoisotopic (exact) mass is 128 g/mol. The molecule has 0 aliphatic carbocycles. The van der Waals surface area contributed by atoms with Crippen LogP contribution >= 0.6 is 0 Å². The Kier molecular flexibility index (Phi) is 3.23. The van der Waals surface area contributed by atoms with Crippen LogP contribution in [0.3, 0.4) is 0 Å². The van der Waals surface area contributed by atoms with Crippen LogP contribution in [0.25, 0.3) is 0 Å². The van der Waals surface area contributed by atoms with Crippen molar-refractivity contribution in [3.05, 3.63) is 12.2 Å². The van der Waals surface area contributed by atoms with Gasteiger partial charge in [0.2, 0.25) is 0 Å². The Morgan fingerprint density at radius 2 is 2.12 bits per heavy atom. The maximum atomic E-state index is 11.5. The molecule has 0 saturated carbocycles. The summed E-state index contributed by atoms with van der Waals surface area (Å²) in [6.45, 7) is -1.52. The lowest BCUT2D eigenvalue weighted by molar-refractivity contribution is 0.257. The minimum atomic E-state index is -2.43. The van der Waals surface area contributed by atoms with Crippen molar-refractivity contribution in [3.63, 3.8) is 0 Å². The molecule has 0 aromatic carbocycles. The van der Waals surface area contributed by atoms with E-state index < -0.39 is 25.0 Å². The molecule has 0 aliphatic heterocycles. The highest BCUT2D eigenvalue weighted by Crippen LogP contribution is 2.08. The van der Waals surface area contributed by atoms with Crippen LogP contribution < -0.4 is 0 Å². The maximum absolute atomic E-state index is 11.5. The predicted octanol–water partition coefficient (Wildman–Crippen LogP) is 2.07. The first-order chi connectivity index (χ1) is 3.72. The maximum Gasteiger partial charge on any atom is 0.182 e. The molecule has 0 heterocycles. The Labute approximate surface area is 43.8 Å². The van der Waals surface area contributed by atoms with E-state index in [9.17, 15) is 17.6 Å². The van der Waals surface area contributed by atoms with Crippen molar-refractivity contribution in [2.24, 2.45) is 0 Å². The molecule has 0 aromatic rings. The summed E-state index contributed by atoms with van der Waals surface area (Å²) in [5.74, 6) is -1.70. The fourth-order valence-corrected chi connectivity index (χ4v) is 0.142. The van der Waals surface area contributed by atoms with E-state index in [0.29, 0.717) is 0 Å². The number of allylic oxidation sites excluding steroid dienone is 1. The van der Waals surface area contributed by atoms with Gasteiger partial charge >= 0.3 is 0 Å². The van der Waals surface area contributed by atoms with Gasteiger partial charge in [0, 0.05) is 0 Å². The third kappa shape index (κ3) is 1.95. The van der Waals surface area contributed by atoms with Crippen molar-refractivity contribution in [1.29, 1.82) is 0 Å². The fraction of sp³-hybridized carbons (Fsp3) is 0.500. The molecule has 4 heteroatoms. The molecule has 0 rings (SSSR count). The van der Waals surface area contributed by atoms with Gasteiger partial charge in [0.15, 0.2) is 12.0 Å². The summed E-state index contributed by atoms with van der Waals surface area (Å²) < 4.78 is 44.7. The van der Waals surface area contributed by atoms with E-state index in [1.54, 1.807) is 0 Å². The first-order valence-corrected chi connectivity index (χ1v) is 1.88. The smallest absolute Gasteiger partial charge is 0.182 e. The van der Waals surface area contributed by atoms with Crippen molar-refractivity contribution in [2.75, 3.05) is 6.67 Å². The standard InChI is InChI=1S/C4H4F4/c5-1-3(7)4(8)2-6/h1,4H,2H2/b3-1-. The molecule has 0 nitrogen and oxygen atoms in total. The Morgan fingerprint density at radius 1 is 1.62 bits per heavy atom. The average Bonchev–Trinajstić information content (AvgIpc) is 1.84. The molecule has 0 bridgehead atoms. The van der Waals surface area contributed by atoms with E-state index in [1.165, 1.54) is 0 Å². The van der Waals surface area contributed by atoms with Gasteiger partial charge in [-0.3, -0.25) is 0 Å². The zero-order valence-electron chi connectivity index (χ0n) is 3.87. The molecular weight excluding hydrogens is 124 g/mol. The molecule has 0 aromatic heterocycles. The molecule has 0 radical (unpaired) electrons. The van der Waals surface area contributed by atoms with Crippen molar-refractivity contribution in [3.8, 4) is 0 Å². The van der Waals surface area contributed by atoms with Crippen LogP contribution in [0.2, 0.25) is 0 Å². The lowest BCUT2D eigenvalue weighted by Crippen LogP contribution is -2.01. The Bertz CT molecular complexity index is 88.0. The largest absolute Gasteiger partial charge is 0.247 e. The summed E-state index contributed by atoms with van der Waals surface area (Å²) in [5.41, 5.74) is 0. The average molecular weight is 128 g/mol. The molecule has 0 saturated heterocycles. The van der Waals surface area contributed by atoms with Crippen LogP contribution in [0.15, 0.2) is 12.2 Å². The molecule has 48 valence electrons. The second-order valence-electron chi connectivity index (χ2n) is 1.12. The molecule has 0 fully saturated rings. The van der Waals surface area contributed by atoms with Crippen molar-refractivity contribution >= 4 is 0 Å². The predicted molar refractivity (Wildman–Crippen MR) is 21.2 cm³/mol. The number of rotatable bonds is 2. The Hall–Kier alpha value is -0.540. The van der Waals surface area contributed by atoms with Crippen molar-refractivity contribution in [2.45, 2.75) is 6.17 Å². The van der Waals surface area contributed by atoms with Gasteiger partial charge in [-0.2, -0.15) is 0 Å². The van der Waals surface area contributed by atoms with Gasteiger partial charge in [0.25, 0.3) is 0 Å². The van der Waals surface area contributed by atoms with Gasteiger partial charge in [0.05, 0.1) is 0 Å². The SMILES string of the molecule is F/C=C(\F)C(F)CF. The van der Waals surface area contributed by atoms with Gasteiger partial charge < -0.3 is 0 Å². The second-order valence-corrected chi connectivity index (χ2v) is 1.12. The van der Waals surface area contributed by atoms with E-state index >= 15 is 0 Å². The number of alkyl halides is 2. The number of halogens is 4. The molecule has 0 N–H and O–H groups in total. The third-order valence-electron chi connectivity index (χ3n) is 0.539.